The third kappa shape index (κ3) is 3.83. The number of halogens is 1. The molecule has 3 heteroatoms. The molecule has 14 heavy (non-hydrogen) atoms. The molecule has 1 rings (SSSR count). The Bertz CT molecular complexity index is 295. The molecule has 0 fully saturated rings. The van der Waals surface area contributed by atoms with Gasteiger partial charge in [0.25, 0.3) is 0 Å². The second-order valence-electron chi connectivity index (χ2n) is 3.04. The smallest absolute Gasteiger partial charge is 0.160 e. The maximum absolute atomic E-state index is 12.5. The highest BCUT2D eigenvalue weighted by atomic mass is 32.1. The van der Waals surface area contributed by atoms with Crippen LogP contribution in [-0.2, 0) is 11.3 Å². The van der Waals surface area contributed by atoms with Crippen molar-refractivity contribution in [3.05, 3.63) is 35.6 Å². The fourth-order valence-corrected chi connectivity index (χ4v) is 1.28. The van der Waals surface area contributed by atoms with Gasteiger partial charge in [-0.3, -0.25) is 0 Å². The summed E-state index contributed by atoms with van der Waals surface area (Å²) in [6.45, 7) is 2.48. The topological polar surface area (TPSA) is 9.23 Å². The van der Waals surface area contributed by atoms with E-state index in [-0.39, 0.29) is 5.82 Å². The van der Waals surface area contributed by atoms with Crippen molar-refractivity contribution >= 4 is 17.3 Å². The van der Waals surface area contributed by atoms with Crippen molar-refractivity contribution in [3.63, 3.8) is 0 Å². The van der Waals surface area contributed by atoms with Gasteiger partial charge in [-0.2, -0.15) is 0 Å². The Morgan fingerprint density at radius 3 is 2.57 bits per heavy atom. The molecule has 0 aliphatic carbocycles. The maximum atomic E-state index is 12.5. The largest absolute Gasteiger partial charge is 0.482 e. The first-order chi connectivity index (χ1) is 6.72. The number of benzene rings is 1. The van der Waals surface area contributed by atoms with E-state index < -0.39 is 0 Å². The van der Waals surface area contributed by atoms with Crippen molar-refractivity contribution in [1.29, 1.82) is 0 Å². The van der Waals surface area contributed by atoms with Gasteiger partial charge in [-0.25, -0.2) is 4.39 Å². The van der Waals surface area contributed by atoms with E-state index in [4.69, 9.17) is 17.0 Å². The van der Waals surface area contributed by atoms with Crippen molar-refractivity contribution in [1.82, 2.24) is 0 Å². The summed E-state index contributed by atoms with van der Waals surface area (Å²) in [7, 11) is 0. The van der Waals surface area contributed by atoms with E-state index in [0.717, 1.165) is 18.4 Å². The third-order valence-electron chi connectivity index (χ3n) is 1.77. The van der Waals surface area contributed by atoms with Gasteiger partial charge in [0.05, 0.1) is 0 Å². The highest BCUT2D eigenvalue weighted by molar-refractivity contribution is 7.80. The minimum atomic E-state index is -0.232. The Kier molecular flexibility index (Phi) is 4.53. The molecule has 0 bridgehead atoms. The molecule has 1 aromatic carbocycles. The molecular weight excluding hydrogens is 199 g/mol. The normalized spacial score (nSPS) is 9.86. The minimum Gasteiger partial charge on any atom is -0.482 e. The Hall–Kier alpha value is -0.960. The van der Waals surface area contributed by atoms with Crippen LogP contribution in [0.2, 0.25) is 0 Å². The molecule has 0 atom stereocenters. The summed E-state index contributed by atoms with van der Waals surface area (Å²) in [6, 6.07) is 6.23. The molecule has 1 nitrogen and oxygen atoms in total. The monoisotopic (exact) mass is 212 g/mol. The molecule has 76 valence electrons. The Labute approximate surface area is 88.9 Å². The van der Waals surface area contributed by atoms with Crippen LogP contribution in [0.15, 0.2) is 24.3 Å². The number of rotatable bonds is 4. The lowest BCUT2D eigenvalue weighted by Gasteiger charge is -2.06. The van der Waals surface area contributed by atoms with Gasteiger partial charge in [-0.1, -0.05) is 19.1 Å². The van der Waals surface area contributed by atoms with Gasteiger partial charge in [0, 0.05) is 6.42 Å². The van der Waals surface area contributed by atoms with E-state index in [1.807, 2.05) is 6.92 Å². The van der Waals surface area contributed by atoms with Crippen molar-refractivity contribution in [2.24, 2.45) is 0 Å². The van der Waals surface area contributed by atoms with Crippen LogP contribution in [0.5, 0.6) is 0 Å². The molecule has 0 aliphatic rings. The number of hydrogen-bond donors (Lipinski definition) is 0. The molecule has 1 aromatic rings. The van der Waals surface area contributed by atoms with Crippen LogP contribution >= 0.6 is 12.2 Å². The van der Waals surface area contributed by atoms with Crippen molar-refractivity contribution in [3.8, 4) is 0 Å². The summed E-state index contributed by atoms with van der Waals surface area (Å²) < 4.78 is 17.9. The van der Waals surface area contributed by atoms with E-state index in [9.17, 15) is 4.39 Å². The lowest BCUT2D eigenvalue weighted by atomic mass is 10.2. The highest BCUT2D eigenvalue weighted by Crippen LogP contribution is 2.05. The van der Waals surface area contributed by atoms with Gasteiger partial charge in [-0.05, 0) is 36.3 Å². The molecule has 0 radical (unpaired) electrons. The van der Waals surface area contributed by atoms with Crippen molar-refractivity contribution in [2.45, 2.75) is 26.4 Å². The predicted molar refractivity (Wildman–Crippen MR) is 58.7 cm³/mol. The lowest BCUT2D eigenvalue weighted by Crippen LogP contribution is -2.01. The highest BCUT2D eigenvalue weighted by Gasteiger charge is 1.97. The fourth-order valence-electron chi connectivity index (χ4n) is 1.02. The summed E-state index contributed by atoms with van der Waals surface area (Å²) in [4.78, 5) is 0. The van der Waals surface area contributed by atoms with E-state index in [1.54, 1.807) is 12.1 Å². The standard InChI is InChI=1S/C11H13FOS/c1-2-3-11(14)13-8-9-4-6-10(12)7-5-9/h4-7H,2-3,8H2,1H3. The summed E-state index contributed by atoms with van der Waals surface area (Å²) in [5.41, 5.74) is 0.935. The first-order valence-electron chi connectivity index (χ1n) is 4.62. The molecule has 0 aliphatic heterocycles. The van der Waals surface area contributed by atoms with Gasteiger partial charge >= 0.3 is 0 Å². The van der Waals surface area contributed by atoms with Crippen LogP contribution in [0.3, 0.4) is 0 Å². The molecular formula is C11H13FOS. The maximum Gasteiger partial charge on any atom is 0.160 e. The number of hydrogen-bond acceptors (Lipinski definition) is 2. The first-order valence-corrected chi connectivity index (χ1v) is 5.03. The van der Waals surface area contributed by atoms with E-state index in [0.29, 0.717) is 11.7 Å². The zero-order valence-electron chi connectivity index (χ0n) is 8.13. The Morgan fingerprint density at radius 1 is 1.36 bits per heavy atom. The average Bonchev–Trinajstić information content (AvgIpc) is 2.17. The molecule has 0 N–H and O–H groups in total. The average molecular weight is 212 g/mol. The lowest BCUT2D eigenvalue weighted by molar-refractivity contribution is 0.292. The van der Waals surface area contributed by atoms with Gasteiger partial charge in [0.15, 0.2) is 5.05 Å². The quantitative estimate of drug-likeness (QED) is 0.707. The van der Waals surface area contributed by atoms with E-state index >= 15 is 0 Å². The third-order valence-corrected chi connectivity index (χ3v) is 2.09. The second-order valence-corrected chi connectivity index (χ2v) is 3.49. The van der Waals surface area contributed by atoms with E-state index in [2.05, 4.69) is 0 Å². The summed E-state index contributed by atoms with van der Waals surface area (Å²) >= 11 is 4.98. The van der Waals surface area contributed by atoms with Crippen LogP contribution in [0, 0.1) is 5.82 Å². The SMILES string of the molecule is CCCC(=S)OCc1ccc(F)cc1. The fraction of sp³-hybridized carbons (Fsp3) is 0.364. The molecule has 0 amide bonds. The molecule has 0 unspecified atom stereocenters. The van der Waals surface area contributed by atoms with Crippen LogP contribution < -0.4 is 0 Å². The van der Waals surface area contributed by atoms with Crippen molar-refractivity contribution in [2.75, 3.05) is 0 Å². The molecule has 0 heterocycles. The van der Waals surface area contributed by atoms with Gasteiger partial charge in [0.1, 0.15) is 12.4 Å². The van der Waals surface area contributed by atoms with Gasteiger partial charge in [0.2, 0.25) is 0 Å². The molecule has 0 saturated heterocycles. The molecule has 0 saturated carbocycles. The van der Waals surface area contributed by atoms with Crippen LogP contribution in [0.1, 0.15) is 25.3 Å². The van der Waals surface area contributed by atoms with Crippen LogP contribution in [0.25, 0.3) is 0 Å². The van der Waals surface area contributed by atoms with Gasteiger partial charge in [-0.15, -0.1) is 0 Å². The van der Waals surface area contributed by atoms with E-state index in [1.165, 1.54) is 12.1 Å². The Morgan fingerprint density at radius 2 is 2.00 bits per heavy atom. The molecule has 0 spiro atoms. The summed E-state index contributed by atoms with van der Waals surface area (Å²) in [6.07, 6.45) is 1.79. The van der Waals surface area contributed by atoms with Crippen molar-refractivity contribution < 1.29 is 9.13 Å². The first kappa shape index (κ1) is 11.1. The van der Waals surface area contributed by atoms with Crippen LogP contribution in [-0.4, -0.2) is 5.05 Å². The Balaban J connectivity index is 2.38. The summed E-state index contributed by atoms with van der Waals surface area (Å²) in [5.74, 6) is -0.232. The minimum absolute atomic E-state index is 0.232. The zero-order chi connectivity index (χ0) is 10.4. The zero-order valence-corrected chi connectivity index (χ0v) is 8.94. The molecule has 0 aromatic heterocycles. The number of ether oxygens (including phenoxy) is 1. The second kappa shape index (κ2) is 5.70. The van der Waals surface area contributed by atoms with Crippen LogP contribution in [0.4, 0.5) is 4.39 Å². The summed E-state index contributed by atoms with van der Waals surface area (Å²) in [5, 5.41) is 0.622. The predicted octanol–water partition coefficient (Wildman–Crippen LogP) is 3.47. The number of thiocarbonyl (C=S) groups is 1. The van der Waals surface area contributed by atoms with Gasteiger partial charge < -0.3 is 4.74 Å².